The number of hydrogen-bond donors (Lipinski definition) is 1. The summed E-state index contributed by atoms with van der Waals surface area (Å²) in [6.07, 6.45) is 0.934. The molecule has 0 aliphatic heterocycles. The van der Waals surface area contributed by atoms with Crippen molar-refractivity contribution in [2.75, 3.05) is 19.9 Å². The molecule has 0 bridgehead atoms. The molecule has 0 spiro atoms. The van der Waals surface area contributed by atoms with Crippen LogP contribution >= 0.6 is 0 Å². The van der Waals surface area contributed by atoms with Gasteiger partial charge in [0.05, 0.1) is 25.5 Å². The fraction of sp³-hybridized carbons (Fsp3) is 0.300. The number of carbonyl (C=O) groups excluding carboxylic acids is 1. The summed E-state index contributed by atoms with van der Waals surface area (Å²) in [6.45, 7) is -0.432. The molecule has 0 unspecified atom stereocenters. The van der Waals surface area contributed by atoms with Crippen LogP contribution in [0.2, 0.25) is 0 Å². The zero-order valence-corrected chi connectivity index (χ0v) is 10.2. The second-order valence-corrected chi connectivity index (χ2v) is 5.19. The molecule has 0 fully saturated rings. The number of hydrogen-bond acceptors (Lipinski definition) is 4. The van der Waals surface area contributed by atoms with Crippen molar-refractivity contribution in [1.82, 2.24) is 4.72 Å². The first-order chi connectivity index (χ1) is 7.83. The average Bonchev–Trinajstić information content (AvgIpc) is 2.25. The number of nitrogens with one attached hydrogen (secondary N) is 1. The maximum absolute atomic E-state index is 13.0. The smallest absolute Gasteiger partial charge is 0.209 e. The molecule has 0 saturated heterocycles. The molecular weight excluding hydrogens is 249 g/mol. The summed E-state index contributed by atoms with van der Waals surface area (Å²) in [7, 11) is -2.12. The summed E-state index contributed by atoms with van der Waals surface area (Å²) in [5.74, 6) is -0.952. The minimum absolute atomic E-state index is 0.00338. The van der Waals surface area contributed by atoms with Gasteiger partial charge in [-0.1, -0.05) is 0 Å². The van der Waals surface area contributed by atoms with Crippen molar-refractivity contribution >= 4 is 15.8 Å². The van der Waals surface area contributed by atoms with Crippen molar-refractivity contribution in [3.63, 3.8) is 0 Å². The van der Waals surface area contributed by atoms with Gasteiger partial charge in [-0.2, -0.15) is 0 Å². The van der Waals surface area contributed by atoms with E-state index in [4.69, 9.17) is 4.74 Å². The number of methoxy groups -OCH3 is 1. The zero-order valence-electron chi connectivity index (χ0n) is 9.36. The van der Waals surface area contributed by atoms with Crippen LogP contribution in [0.4, 0.5) is 4.39 Å². The van der Waals surface area contributed by atoms with E-state index in [1.165, 1.54) is 13.2 Å². The molecule has 1 aromatic rings. The van der Waals surface area contributed by atoms with Gasteiger partial charge < -0.3 is 4.74 Å². The number of carbonyl (C=O) groups is 1. The number of Topliss-reactive ketones (excluding diaryl/α,β-unsaturated/α-hetero) is 1. The molecule has 1 N–H and O–H groups in total. The minimum atomic E-state index is -3.46. The Bertz CT molecular complexity index is 527. The van der Waals surface area contributed by atoms with Crippen LogP contribution in [0, 0.1) is 5.82 Å². The second kappa shape index (κ2) is 5.24. The van der Waals surface area contributed by atoms with Crippen molar-refractivity contribution in [2.24, 2.45) is 0 Å². The molecule has 0 aliphatic rings. The topological polar surface area (TPSA) is 72.5 Å². The molecule has 0 aromatic heterocycles. The van der Waals surface area contributed by atoms with E-state index in [0.717, 1.165) is 18.4 Å². The summed E-state index contributed by atoms with van der Waals surface area (Å²) < 4.78 is 41.5. The van der Waals surface area contributed by atoms with Crippen molar-refractivity contribution in [1.29, 1.82) is 0 Å². The highest BCUT2D eigenvalue weighted by Crippen LogP contribution is 2.19. The Kier molecular flexibility index (Phi) is 4.19. The van der Waals surface area contributed by atoms with Crippen LogP contribution in [0.5, 0.6) is 5.75 Å². The van der Waals surface area contributed by atoms with Gasteiger partial charge in [-0.3, -0.25) is 4.79 Å². The lowest BCUT2D eigenvalue weighted by Crippen LogP contribution is -2.28. The molecule has 0 radical (unpaired) electrons. The van der Waals surface area contributed by atoms with E-state index in [9.17, 15) is 17.6 Å². The van der Waals surface area contributed by atoms with Crippen LogP contribution < -0.4 is 9.46 Å². The number of sulfonamides is 1. The number of ketones is 1. The fourth-order valence-corrected chi connectivity index (χ4v) is 1.58. The monoisotopic (exact) mass is 261 g/mol. The predicted octanol–water partition coefficient (Wildman–Crippen LogP) is 0.566. The van der Waals surface area contributed by atoms with E-state index in [1.807, 2.05) is 4.72 Å². The highest BCUT2D eigenvalue weighted by atomic mass is 32.2. The average molecular weight is 261 g/mol. The van der Waals surface area contributed by atoms with Crippen LogP contribution in [0.1, 0.15) is 10.4 Å². The van der Waals surface area contributed by atoms with Gasteiger partial charge in [0.15, 0.2) is 5.78 Å². The molecular formula is C10H12FNO4S. The largest absolute Gasteiger partial charge is 0.496 e. The van der Waals surface area contributed by atoms with E-state index < -0.39 is 28.2 Å². The minimum Gasteiger partial charge on any atom is -0.496 e. The Hall–Kier alpha value is -1.47. The Morgan fingerprint density at radius 2 is 2.12 bits per heavy atom. The third kappa shape index (κ3) is 4.12. The molecule has 0 atom stereocenters. The van der Waals surface area contributed by atoms with Gasteiger partial charge in [-0.25, -0.2) is 17.5 Å². The molecule has 1 rings (SSSR count). The third-order valence-corrected chi connectivity index (χ3v) is 2.63. The standard InChI is InChI=1S/C10H12FNO4S/c1-16-10-4-3-7(11)5-8(10)9(13)6-12-17(2,14)15/h3-5,12H,6H2,1-2H3. The molecule has 7 heteroatoms. The maximum atomic E-state index is 13.0. The van der Waals surface area contributed by atoms with E-state index in [1.54, 1.807) is 0 Å². The van der Waals surface area contributed by atoms with Gasteiger partial charge in [-0.05, 0) is 18.2 Å². The summed E-state index contributed by atoms with van der Waals surface area (Å²) in [5.41, 5.74) is 0.00338. The molecule has 17 heavy (non-hydrogen) atoms. The zero-order chi connectivity index (χ0) is 13.1. The lowest BCUT2D eigenvalue weighted by atomic mass is 10.1. The van der Waals surface area contributed by atoms with Crippen molar-refractivity contribution in [3.05, 3.63) is 29.6 Å². The summed E-state index contributed by atoms with van der Waals surface area (Å²) >= 11 is 0. The first kappa shape index (κ1) is 13.6. The molecule has 0 saturated carbocycles. The van der Waals surface area contributed by atoms with Gasteiger partial charge in [0.1, 0.15) is 11.6 Å². The van der Waals surface area contributed by atoms with Crippen molar-refractivity contribution in [3.8, 4) is 5.75 Å². The van der Waals surface area contributed by atoms with E-state index >= 15 is 0 Å². The predicted molar refractivity (Wildman–Crippen MR) is 60.1 cm³/mol. The molecule has 5 nitrogen and oxygen atoms in total. The first-order valence-electron chi connectivity index (χ1n) is 4.65. The number of halogens is 1. The van der Waals surface area contributed by atoms with E-state index in [2.05, 4.69) is 0 Å². The van der Waals surface area contributed by atoms with Crippen LogP contribution in [-0.2, 0) is 10.0 Å². The number of rotatable bonds is 5. The first-order valence-corrected chi connectivity index (χ1v) is 6.54. The summed E-state index contributed by atoms with van der Waals surface area (Å²) in [4.78, 5) is 11.6. The van der Waals surface area contributed by atoms with Crippen molar-refractivity contribution < 1.29 is 22.3 Å². The quantitative estimate of drug-likeness (QED) is 0.786. The van der Waals surface area contributed by atoms with Crippen LogP contribution in [-0.4, -0.2) is 34.1 Å². The van der Waals surface area contributed by atoms with Gasteiger partial charge in [0.2, 0.25) is 10.0 Å². The van der Waals surface area contributed by atoms with E-state index in [0.29, 0.717) is 0 Å². The Balaban J connectivity index is 2.92. The number of benzene rings is 1. The fourth-order valence-electron chi connectivity index (χ4n) is 1.19. The van der Waals surface area contributed by atoms with E-state index in [-0.39, 0.29) is 11.3 Å². The van der Waals surface area contributed by atoms with Crippen LogP contribution in [0.25, 0.3) is 0 Å². The maximum Gasteiger partial charge on any atom is 0.209 e. The Morgan fingerprint density at radius 1 is 1.47 bits per heavy atom. The van der Waals surface area contributed by atoms with Gasteiger partial charge in [0.25, 0.3) is 0 Å². The summed E-state index contributed by atoms with van der Waals surface area (Å²) in [5, 5.41) is 0. The molecule has 0 aliphatic carbocycles. The van der Waals surface area contributed by atoms with Crippen LogP contribution in [0.3, 0.4) is 0 Å². The molecule has 1 aromatic carbocycles. The normalized spacial score (nSPS) is 11.2. The second-order valence-electron chi connectivity index (χ2n) is 3.36. The highest BCUT2D eigenvalue weighted by Gasteiger charge is 2.14. The highest BCUT2D eigenvalue weighted by molar-refractivity contribution is 7.88. The van der Waals surface area contributed by atoms with Crippen LogP contribution in [0.15, 0.2) is 18.2 Å². The van der Waals surface area contributed by atoms with Gasteiger partial charge in [-0.15, -0.1) is 0 Å². The third-order valence-electron chi connectivity index (χ3n) is 1.96. The molecule has 94 valence electrons. The lowest BCUT2D eigenvalue weighted by molar-refractivity contribution is 0.0993. The van der Waals surface area contributed by atoms with Gasteiger partial charge >= 0.3 is 0 Å². The summed E-state index contributed by atoms with van der Waals surface area (Å²) in [6, 6.07) is 3.47. The Morgan fingerprint density at radius 3 is 2.65 bits per heavy atom. The van der Waals surface area contributed by atoms with Crippen molar-refractivity contribution in [2.45, 2.75) is 0 Å². The van der Waals surface area contributed by atoms with Gasteiger partial charge in [0, 0.05) is 0 Å². The Labute approximate surface area is 98.6 Å². The molecule has 0 heterocycles. The molecule has 0 amide bonds. The SMILES string of the molecule is COc1ccc(F)cc1C(=O)CNS(C)(=O)=O. The number of ether oxygens (including phenoxy) is 1. The lowest BCUT2D eigenvalue weighted by Gasteiger charge is -2.07.